The third kappa shape index (κ3) is 17.3. The Labute approximate surface area is 126 Å². The highest BCUT2D eigenvalue weighted by molar-refractivity contribution is 7.46. The highest BCUT2D eigenvalue weighted by Crippen LogP contribution is 2.35. The van der Waals surface area contributed by atoms with Gasteiger partial charge >= 0.3 is 13.8 Å². The number of unbranched alkanes of at least 4 members (excludes halogenated alkanes) is 8. The number of hydrogen-bond acceptors (Lipinski definition) is 4. The van der Waals surface area contributed by atoms with E-state index in [-0.39, 0.29) is 12.6 Å². The van der Waals surface area contributed by atoms with E-state index in [0.29, 0.717) is 13.0 Å². The maximum absolute atomic E-state index is 10.8. The monoisotopic (exact) mass is 322 g/mol. The fourth-order valence-corrected chi connectivity index (χ4v) is 2.22. The van der Waals surface area contributed by atoms with Gasteiger partial charge in [-0.25, -0.2) is 9.36 Å². The Morgan fingerprint density at radius 2 is 1.33 bits per heavy atom. The van der Waals surface area contributed by atoms with E-state index in [4.69, 9.17) is 14.5 Å². The van der Waals surface area contributed by atoms with Crippen LogP contribution in [-0.4, -0.2) is 29.0 Å². The maximum Gasteiger partial charge on any atom is 0.469 e. The van der Waals surface area contributed by atoms with Crippen LogP contribution in [0.5, 0.6) is 0 Å². The van der Waals surface area contributed by atoms with Crippen LogP contribution in [0.15, 0.2) is 12.7 Å². The van der Waals surface area contributed by atoms with Crippen LogP contribution >= 0.6 is 7.82 Å². The summed E-state index contributed by atoms with van der Waals surface area (Å²) in [5, 5.41) is 0. The Morgan fingerprint density at radius 3 is 1.76 bits per heavy atom. The Balaban J connectivity index is 3.11. The Hall–Kier alpha value is -0.680. The van der Waals surface area contributed by atoms with E-state index in [1.807, 2.05) is 0 Å². The lowest BCUT2D eigenvalue weighted by Crippen LogP contribution is -2.01. The molecule has 0 rings (SSSR count). The average Bonchev–Trinajstić information content (AvgIpc) is 2.42. The Kier molecular flexibility index (Phi) is 12.6. The van der Waals surface area contributed by atoms with Crippen LogP contribution in [-0.2, 0) is 18.6 Å². The second-order valence-electron chi connectivity index (χ2n) is 4.88. The largest absolute Gasteiger partial charge is 0.469 e. The molecule has 0 aliphatic heterocycles. The lowest BCUT2D eigenvalue weighted by atomic mass is 10.1. The van der Waals surface area contributed by atoms with Gasteiger partial charge in [-0.2, -0.15) is 0 Å². The maximum atomic E-state index is 10.8. The molecular weight excluding hydrogens is 295 g/mol. The zero-order valence-electron chi connectivity index (χ0n) is 12.5. The van der Waals surface area contributed by atoms with Crippen LogP contribution < -0.4 is 0 Å². The highest BCUT2D eigenvalue weighted by Gasteiger charge is 2.12. The normalized spacial score (nSPS) is 11.3. The van der Waals surface area contributed by atoms with E-state index < -0.39 is 7.82 Å². The molecule has 0 aliphatic rings. The molecule has 0 saturated carbocycles. The molecule has 0 saturated heterocycles. The second kappa shape index (κ2) is 13.0. The van der Waals surface area contributed by atoms with E-state index in [0.717, 1.165) is 51.4 Å². The minimum atomic E-state index is -4.29. The van der Waals surface area contributed by atoms with Crippen molar-refractivity contribution < 1.29 is 28.4 Å². The average molecular weight is 322 g/mol. The number of phosphoric ester groups is 1. The molecule has 0 radical (unpaired) electrons. The van der Waals surface area contributed by atoms with Crippen molar-refractivity contribution in [3.63, 3.8) is 0 Å². The zero-order valence-corrected chi connectivity index (χ0v) is 13.4. The fourth-order valence-electron chi connectivity index (χ4n) is 1.86. The van der Waals surface area contributed by atoms with Crippen LogP contribution in [0.3, 0.4) is 0 Å². The molecule has 0 aromatic carbocycles. The van der Waals surface area contributed by atoms with E-state index >= 15 is 0 Å². The van der Waals surface area contributed by atoms with E-state index in [2.05, 4.69) is 11.1 Å². The van der Waals surface area contributed by atoms with Crippen molar-refractivity contribution >= 4 is 13.8 Å². The molecule has 0 spiro atoms. The third-order valence-corrected chi connectivity index (χ3v) is 3.48. The molecule has 0 bridgehead atoms. The number of hydrogen-bond donors (Lipinski definition) is 2. The van der Waals surface area contributed by atoms with Gasteiger partial charge in [-0.15, -0.1) is 0 Å². The van der Waals surface area contributed by atoms with E-state index in [1.165, 1.54) is 6.08 Å². The molecule has 0 atom stereocenters. The molecule has 21 heavy (non-hydrogen) atoms. The van der Waals surface area contributed by atoms with E-state index in [9.17, 15) is 9.36 Å². The summed E-state index contributed by atoms with van der Waals surface area (Å²) in [6, 6.07) is 0. The van der Waals surface area contributed by atoms with E-state index in [1.54, 1.807) is 0 Å². The van der Waals surface area contributed by atoms with Gasteiger partial charge in [0.15, 0.2) is 0 Å². The van der Waals surface area contributed by atoms with Gasteiger partial charge in [0.2, 0.25) is 0 Å². The molecule has 0 aromatic rings. The molecule has 0 aliphatic carbocycles. The van der Waals surface area contributed by atoms with Crippen molar-refractivity contribution in [1.29, 1.82) is 0 Å². The third-order valence-electron chi connectivity index (χ3n) is 2.96. The van der Waals surface area contributed by atoms with Gasteiger partial charge in [0.1, 0.15) is 0 Å². The highest BCUT2D eigenvalue weighted by atomic mass is 31.2. The predicted octanol–water partition coefficient (Wildman–Crippen LogP) is 3.34. The minimum Gasteiger partial charge on any atom is -0.463 e. The lowest BCUT2D eigenvalue weighted by Gasteiger charge is -2.05. The second-order valence-corrected chi connectivity index (χ2v) is 6.12. The van der Waals surface area contributed by atoms with Crippen molar-refractivity contribution in [2.24, 2.45) is 0 Å². The quantitative estimate of drug-likeness (QED) is 0.220. The smallest absolute Gasteiger partial charge is 0.463 e. The summed E-state index contributed by atoms with van der Waals surface area (Å²) in [5.41, 5.74) is 0. The molecule has 0 heterocycles. The SMILES string of the molecule is C=CC(=O)OCCCCCCCCCCCOP(=O)(O)O. The van der Waals surface area contributed by atoms with Crippen molar-refractivity contribution in [1.82, 2.24) is 0 Å². The van der Waals surface area contributed by atoms with Gasteiger partial charge in [0.05, 0.1) is 13.2 Å². The van der Waals surface area contributed by atoms with Crippen molar-refractivity contribution in [3.8, 4) is 0 Å². The van der Waals surface area contributed by atoms with Gasteiger partial charge < -0.3 is 14.5 Å². The number of carbonyl (C=O) groups excluding carboxylic acids is 1. The molecule has 6 nitrogen and oxygen atoms in total. The molecule has 7 heteroatoms. The fraction of sp³-hybridized carbons (Fsp3) is 0.786. The van der Waals surface area contributed by atoms with Crippen LogP contribution in [0.4, 0.5) is 0 Å². The first-order valence-electron chi connectivity index (χ1n) is 7.45. The van der Waals surface area contributed by atoms with Crippen molar-refractivity contribution in [3.05, 3.63) is 12.7 Å². The lowest BCUT2D eigenvalue weighted by molar-refractivity contribution is -0.137. The summed E-state index contributed by atoms with van der Waals surface area (Å²) in [6.07, 6.45) is 10.4. The molecule has 0 unspecified atom stereocenters. The molecule has 0 aromatic heterocycles. The summed E-state index contributed by atoms with van der Waals surface area (Å²) in [4.78, 5) is 27.7. The van der Waals surface area contributed by atoms with Gasteiger partial charge in [0, 0.05) is 6.08 Å². The molecule has 0 amide bonds. The van der Waals surface area contributed by atoms with Crippen LogP contribution in [0.2, 0.25) is 0 Å². The summed E-state index contributed by atoms with van der Waals surface area (Å²) in [5.74, 6) is -0.363. The summed E-state index contributed by atoms with van der Waals surface area (Å²) < 4.78 is 19.6. The van der Waals surface area contributed by atoms with Crippen LogP contribution in [0, 0.1) is 0 Å². The minimum absolute atomic E-state index is 0.119. The standard InChI is InChI=1S/C14H27O6P/c1-2-14(15)19-12-10-8-6-4-3-5-7-9-11-13-20-21(16,17)18/h2H,1,3-13H2,(H2,16,17,18). The van der Waals surface area contributed by atoms with Crippen molar-refractivity contribution in [2.45, 2.75) is 57.8 Å². The first kappa shape index (κ1) is 20.3. The van der Waals surface area contributed by atoms with Crippen molar-refractivity contribution in [2.75, 3.05) is 13.2 Å². The number of esters is 1. The topological polar surface area (TPSA) is 93.1 Å². The van der Waals surface area contributed by atoms with Crippen LogP contribution in [0.1, 0.15) is 57.8 Å². The number of rotatable bonds is 14. The summed E-state index contributed by atoms with van der Waals surface area (Å²) >= 11 is 0. The molecule has 0 fully saturated rings. The summed E-state index contributed by atoms with van der Waals surface area (Å²) in [6.45, 7) is 3.91. The Bertz CT molecular complexity index is 325. The molecule has 124 valence electrons. The first-order valence-corrected chi connectivity index (χ1v) is 8.98. The van der Waals surface area contributed by atoms with Crippen LogP contribution in [0.25, 0.3) is 0 Å². The molecular formula is C14H27O6P. The Morgan fingerprint density at radius 1 is 0.905 bits per heavy atom. The van der Waals surface area contributed by atoms with Gasteiger partial charge in [-0.05, 0) is 12.8 Å². The van der Waals surface area contributed by atoms with Gasteiger partial charge in [-0.3, -0.25) is 4.52 Å². The zero-order chi connectivity index (χ0) is 16.0. The van der Waals surface area contributed by atoms with Gasteiger partial charge in [0.25, 0.3) is 0 Å². The van der Waals surface area contributed by atoms with Gasteiger partial charge in [-0.1, -0.05) is 51.5 Å². The first-order chi connectivity index (χ1) is 9.95. The predicted molar refractivity (Wildman–Crippen MR) is 80.7 cm³/mol. The number of phosphoric acid groups is 1. The molecule has 2 N–H and O–H groups in total. The summed E-state index contributed by atoms with van der Waals surface area (Å²) in [7, 11) is -4.29. The number of carbonyl (C=O) groups is 1. The number of ether oxygens (including phenoxy) is 1.